The van der Waals surface area contributed by atoms with Crippen molar-refractivity contribution in [1.82, 2.24) is 14.6 Å². The first-order valence-electron chi connectivity index (χ1n) is 5.87. The monoisotopic (exact) mass is 281 g/mol. The number of rotatable bonds is 8. The largest absolute Gasteiger partial charge is 0.316 e. The van der Waals surface area contributed by atoms with Crippen molar-refractivity contribution in [3.05, 3.63) is 49.2 Å². The Morgan fingerprint density at radius 2 is 1.95 bits per heavy atom. The van der Waals surface area contributed by atoms with Crippen LogP contribution >= 0.6 is 0 Å². The molecule has 0 amide bonds. The van der Waals surface area contributed by atoms with Crippen molar-refractivity contribution in [2.75, 3.05) is 20.1 Å². The van der Waals surface area contributed by atoms with Gasteiger partial charge in [-0.1, -0.05) is 18.2 Å². The fraction of sp³-hybridized carbons (Fsp3) is 0.308. The van der Waals surface area contributed by atoms with E-state index in [1.807, 2.05) is 7.05 Å². The lowest BCUT2D eigenvalue weighted by atomic mass is 10.3. The van der Waals surface area contributed by atoms with Gasteiger partial charge in [-0.15, -0.1) is 13.2 Å². The van der Waals surface area contributed by atoms with Crippen LogP contribution in [-0.2, 0) is 16.6 Å². The van der Waals surface area contributed by atoms with Gasteiger partial charge in [0.05, 0.1) is 0 Å². The molecule has 0 bridgehead atoms. The molecule has 5 nitrogen and oxygen atoms in total. The van der Waals surface area contributed by atoms with Gasteiger partial charge < -0.3 is 5.32 Å². The first-order valence-corrected chi connectivity index (χ1v) is 7.31. The van der Waals surface area contributed by atoms with Crippen LogP contribution in [0.25, 0.3) is 0 Å². The van der Waals surface area contributed by atoms with E-state index >= 15 is 0 Å². The molecule has 0 unspecified atom stereocenters. The standard InChI is InChI=1S/C13H19N3O2S/c1-4-8-16(9-5-2)19(17,18)13-7-6-12(10-14-3)11-15-13/h4-7,11,14H,1-2,8-10H2,3H3. The molecule has 0 aliphatic rings. The van der Waals surface area contributed by atoms with Gasteiger partial charge in [-0.2, -0.15) is 4.31 Å². The molecule has 0 saturated carbocycles. The highest BCUT2D eigenvalue weighted by molar-refractivity contribution is 7.89. The summed E-state index contributed by atoms with van der Waals surface area (Å²) < 4.78 is 25.9. The minimum atomic E-state index is -3.60. The van der Waals surface area contributed by atoms with Gasteiger partial charge in [0.15, 0.2) is 5.03 Å². The van der Waals surface area contributed by atoms with E-state index in [1.165, 1.54) is 22.5 Å². The summed E-state index contributed by atoms with van der Waals surface area (Å²) in [5.74, 6) is 0. The second-order valence-electron chi connectivity index (χ2n) is 3.93. The van der Waals surface area contributed by atoms with Crippen LogP contribution in [0.3, 0.4) is 0 Å². The highest BCUT2D eigenvalue weighted by atomic mass is 32.2. The summed E-state index contributed by atoms with van der Waals surface area (Å²) in [6, 6.07) is 3.26. The van der Waals surface area contributed by atoms with E-state index in [4.69, 9.17) is 0 Å². The molecule has 0 spiro atoms. The zero-order valence-electron chi connectivity index (χ0n) is 11.0. The van der Waals surface area contributed by atoms with Crippen LogP contribution in [0.15, 0.2) is 48.7 Å². The number of nitrogens with zero attached hydrogens (tertiary/aromatic N) is 2. The molecule has 19 heavy (non-hydrogen) atoms. The highest BCUT2D eigenvalue weighted by Gasteiger charge is 2.23. The summed E-state index contributed by atoms with van der Waals surface area (Å²) >= 11 is 0. The zero-order chi connectivity index (χ0) is 14.3. The Bertz CT molecular complexity index is 513. The Labute approximate surface area is 114 Å². The molecule has 1 rings (SSSR count). The molecular weight excluding hydrogens is 262 g/mol. The maximum absolute atomic E-state index is 12.3. The molecule has 1 aromatic heterocycles. The van der Waals surface area contributed by atoms with Crippen LogP contribution in [0.5, 0.6) is 0 Å². The van der Waals surface area contributed by atoms with E-state index in [1.54, 1.807) is 12.3 Å². The SMILES string of the molecule is C=CCN(CC=C)S(=O)(=O)c1ccc(CNC)cn1. The normalized spacial score (nSPS) is 11.5. The summed E-state index contributed by atoms with van der Waals surface area (Å²) in [7, 11) is -1.78. The molecule has 0 aromatic carbocycles. The Kier molecular flexibility index (Phi) is 5.88. The van der Waals surface area contributed by atoms with E-state index in [9.17, 15) is 8.42 Å². The fourth-order valence-electron chi connectivity index (χ4n) is 1.56. The molecule has 104 valence electrons. The third-order valence-corrected chi connectivity index (χ3v) is 4.20. The van der Waals surface area contributed by atoms with Crippen LogP contribution in [0.4, 0.5) is 0 Å². The third-order valence-electron chi connectivity index (χ3n) is 2.45. The van der Waals surface area contributed by atoms with Gasteiger partial charge in [-0.25, -0.2) is 13.4 Å². The Hall–Kier alpha value is -1.50. The molecule has 1 heterocycles. The van der Waals surface area contributed by atoms with Gasteiger partial charge in [0, 0.05) is 25.8 Å². The molecule has 0 fully saturated rings. The van der Waals surface area contributed by atoms with Crippen molar-refractivity contribution < 1.29 is 8.42 Å². The molecule has 1 aromatic rings. The second kappa shape index (κ2) is 7.18. The summed E-state index contributed by atoms with van der Waals surface area (Å²) in [5.41, 5.74) is 0.931. The van der Waals surface area contributed by atoms with Crippen molar-refractivity contribution in [2.45, 2.75) is 11.6 Å². The van der Waals surface area contributed by atoms with E-state index in [-0.39, 0.29) is 18.1 Å². The minimum absolute atomic E-state index is 0.0380. The lowest BCUT2D eigenvalue weighted by Gasteiger charge is -2.18. The smallest absolute Gasteiger partial charge is 0.261 e. The first kappa shape index (κ1) is 15.6. The minimum Gasteiger partial charge on any atom is -0.316 e. The molecule has 0 radical (unpaired) electrons. The van der Waals surface area contributed by atoms with Crippen LogP contribution in [0, 0.1) is 0 Å². The third kappa shape index (κ3) is 3.99. The molecule has 1 N–H and O–H groups in total. The van der Waals surface area contributed by atoms with Crippen LogP contribution < -0.4 is 5.32 Å². The van der Waals surface area contributed by atoms with E-state index in [0.29, 0.717) is 6.54 Å². The van der Waals surface area contributed by atoms with Gasteiger partial charge in [0.25, 0.3) is 10.0 Å². The van der Waals surface area contributed by atoms with Crippen LogP contribution in [-0.4, -0.2) is 37.8 Å². The maximum Gasteiger partial charge on any atom is 0.261 e. The number of pyridine rings is 1. The topological polar surface area (TPSA) is 62.3 Å². The van der Waals surface area contributed by atoms with Crippen molar-refractivity contribution in [2.24, 2.45) is 0 Å². The summed E-state index contributed by atoms with van der Waals surface area (Å²) in [5, 5.41) is 3.02. The molecule has 0 aliphatic heterocycles. The van der Waals surface area contributed by atoms with Crippen molar-refractivity contribution in [3.63, 3.8) is 0 Å². The molecule has 0 atom stereocenters. The van der Waals surface area contributed by atoms with Crippen molar-refractivity contribution >= 4 is 10.0 Å². The van der Waals surface area contributed by atoms with Gasteiger partial charge in [0.2, 0.25) is 0 Å². The first-order chi connectivity index (χ1) is 9.06. The number of nitrogens with one attached hydrogen (secondary N) is 1. The van der Waals surface area contributed by atoms with Crippen molar-refractivity contribution in [3.8, 4) is 0 Å². The van der Waals surface area contributed by atoms with E-state index < -0.39 is 10.0 Å². The Balaban J connectivity index is 3.03. The predicted molar refractivity (Wildman–Crippen MR) is 76.2 cm³/mol. The van der Waals surface area contributed by atoms with Crippen LogP contribution in [0.1, 0.15) is 5.56 Å². The molecule has 6 heteroatoms. The van der Waals surface area contributed by atoms with Gasteiger partial charge in [-0.3, -0.25) is 0 Å². The Morgan fingerprint density at radius 3 is 2.37 bits per heavy atom. The van der Waals surface area contributed by atoms with Gasteiger partial charge in [-0.05, 0) is 18.7 Å². The van der Waals surface area contributed by atoms with Crippen molar-refractivity contribution in [1.29, 1.82) is 0 Å². The van der Waals surface area contributed by atoms with E-state index in [2.05, 4.69) is 23.5 Å². The summed E-state index contributed by atoms with van der Waals surface area (Å²) in [4.78, 5) is 4.02. The molecular formula is C13H19N3O2S. The van der Waals surface area contributed by atoms with Crippen LogP contribution in [0.2, 0.25) is 0 Å². The second-order valence-corrected chi connectivity index (χ2v) is 5.82. The predicted octanol–water partition coefficient (Wildman–Crippen LogP) is 1.16. The lowest BCUT2D eigenvalue weighted by molar-refractivity contribution is 0.471. The fourth-order valence-corrected chi connectivity index (χ4v) is 2.86. The maximum atomic E-state index is 12.3. The van der Waals surface area contributed by atoms with E-state index in [0.717, 1.165) is 5.56 Å². The Morgan fingerprint density at radius 1 is 1.32 bits per heavy atom. The summed E-state index contributed by atoms with van der Waals surface area (Å²) in [6.45, 7) is 8.23. The van der Waals surface area contributed by atoms with Gasteiger partial charge in [0.1, 0.15) is 0 Å². The highest BCUT2D eigenvalue weighted by Crippen LogP contribution is 2.13. The molecule has 0 aliphatic carbocycles. The number of sulfonamides is 1. The molecule has 0 saturated heterocycles. The average molecular weight is 281 g/mol. The zero-order valence-corrected chi connectivity index (χ0v) is 11.9. The quantitative estimate of drug-likeness (QED) is 0.726. The lowest BCUT2D eigenvalue weighted by Crippen LogP contribution is -2.32. The number of hydrogen-bond donors (Lipinski definition) is 1. The number of aromatic nitrogens is 1. The van der Waals surface area contributed by atoms with Gasteiger partial charge >= 0.3 is 0 Å². The summed E-state index contributed by atoms with van der Waals surface area (Å²) in [6.07, 6.45) is 4.64. The average Bonchev–Trinajstić information content (AvgIpc) is 2.39. The number of hydrogen-bond acceptors (Lipinski definition) is 4.